The molecule has 3 heteroatoms. The van der Waals surface area contributed by atoms with Crippen LogP contribution >= 0.6 is 12.4 Å². The molecule has 0 saturated heterocycles. The molecule has 2 atom stereocenters. The number of rotatable bonds is 9. The lowest BCUT2D eigenvalue weighted by atomic mass is 9.70. The molecule has 0 fully saturated rings. The molecule has 2 nitrogen and oxygen atoms in total. The van der Waals surface area contributed by atoms with E-state index in [0.717, 1.165) is 19.4 Å². The van der Waals surface area contributed by atoms with Crippen LogP contribution in [0, 0.1) is 0 Å². The largest absolute Gasteiger partial charge is 0.375 e. The van der Waals surface area contributed by atoms with E-state index in [9.17, 15) is 0 Å². The Bertz CT molecular complexity index is 973. The van der Waals surface area contributed by atoms with Crippen molar-refractivity contribution in [2.75, 3.05) is 13.2 Å². The molecule has 0 N–H and O–H groups in total. The van der Waals surface area contributed by atoms with E-state index in [1.54, 1.807) is 0 Å². The van der Waals surface area contributed by atoms with E-state index in [1.165, 1.54) is 35.1 Å². The van der Waals surface area contributed by atoms with Gasteiger partial charge >= 0.3 is 0 Å². The second-order valence-corrected chi connectivity index (χ2v) is 8.55. The van der Waals surface area contributed by atoms with Gasteiger partial charge in [0.1, 0.15) is 0 Å². The molecule has 1 aliphatic rings. The summed E-state index contributed by atoms with van der Waals surface area (Å²) in [6.45, 7) is 4.56. The number of ether oxygens (including phenoxy) is 1. The number of hydrogen-bond acceptors (Lipinski definition) is 2. The maximum absolute atomic E-state index is 6.08. The van der Waals surface area contributed by atoms with Crippen molar-refractivity contribution in [2.45, 2.75) is 50.5 Å². The van der Waals surface area contributed by atoms with Crippen LogP contribution in [0.1, 0.15) is 60.8 Å². The predicted molar refractivity (Wildman–Crippen MR) is 137 cm³/mol. The van der Waals surface area contributed by atoms with Crippen molar-refractivity contribution >= 4 is 18.6 Å². The molecule has 1 heterocycles. The molecular formula is C29H34ClNO. The first kappa shape index (κ1) is 24.2. The van der Waals surface area contributed by atoms with Crippen molar-refractivity contribution in [1.82, 2.24) is 0 Å². The smallest absolute Gasteiger partial charge is 0.0720 e. The summed E-state index contributed by atoms with van der Waals surface area (Å²) in [4.78, 5) is 4.83. The van der Waals surface area contributed by atoms with Crippen LogP contribution < -0.4 is 0 Å². The van der Waals surface area contributed by atoms with E-state index in [1.807, 2.05) is 0 Å². The second-order valence-electron chi connectivity index (χ2n) is 8.55. The number of nitrogens with zero attached hydrogens (tertiary/aromatic N) is 1. The van der Waals surface area contributed by atoms with Gasteiger partial charge in [0.25, 0.3) is 0 Å². The van der Waals surface area contributed by atoms with E-state index in [0.29, 0.717) is 19.1 Å². The molecule has 0 aliphatic carbocycles. The molecule has 1 aliphatic heterocycles. The molecule has 0 bridgehead atoms. The number of aliphatic imine (C=N–C) groups is 1. The van der Waals surface area contributed by atoms with Crippen LogP contribution in [-0.2, 0) is 16.8 Å². The van der Waals surface area contributed by atoms with Crippen LogP contribution in [0.2, 0.25) is 0 Å². The predicted octanol–water partition coefficient (Wildman–Crippen LogP) is 7.36. The van der Waals surface area contributed by atoms with E-state index in [-0.39, 0.29) is 17.8 Å². The Balaban J connectivity index is 0.00000289. The lowest BCUT2D eigenvalue weighted by Gasteiger charge is -2.38. The molecule has 0 spiro atoms. The second kappa shape index (κ2) is 12.0. The molecule has 0 saturated carbocycles. The summed E-state index contributed by atoms with van der Waals surface area (Å²) in [7, 11) is 0. The van der Waals surface area contributed by atoms with Gasteiger partial charge in [0.2, 0.25) is 0 Å². The van der Waals surface area contributed by atoms with E-state index >= 15 is 0 Å². The van der Waals surface area contributed by atoms with Gasteiger partial charge in [-0.25, -0.2) is 0 Å². The monoisotopic (exact) mass is 447 g/mol. The summed E-state index contributed by atoms with van der Waals surface area (Å²) in [6, 6.07) is 30.4. The van der Waals surface area contributed by atoms with Gasteiger partial charge in [-0.2, -0.15) is 0 Å². The van der Waals surface area contributed by atoms with Gasteiger partial charge in [-0.3, -0.25) is 4.99 Å². The topological polar surface area (TPSA) is 21.6 Å². The maximum Gasteiger partial charge on any atom is 0.0720 e. The van der Waals surface area contributed by atoms with Gasteiger partial charge in [0.15, 0.2) is 0 Å². The highest BCUT2D eigenvalue weighted by atomic mass is 35.5. The van der Waals surface area contributed by atoms with Gasteiger partial charge in [-0.05, 0) is 60.1 Å². The molecule has 0 amide bonds. The van der Waals surface area contributed by atoms with Crippen molar-refractivity contribution in [3.8, 4) is 0 Å². The molecule has 4 rings (SSSR count). The lowest BCUT2D eigenvalue weighted by Crippen LogP contribution is -2.38. The first-order valence-electron chi connectivity index (χ1n) is 11.6. The Morgan fingerprint density at radius 3 is 2.38 bits per heavy atom. The summed E-state index contributed by atoms with van der Waals surface area (Å²) < 4.78 is 6.08. The standard InChI is InChI=1S/C29H33NO.ClH/c1-2-24(25-12-5-3-6-13-25)15-11-20-30-21-19-29(27-16-7-4-8-17-27)23-31-22-26-14-9-10-18-28(26)29;/h3-10,12-14,16-18,21,24H,2,11,15,19-20,22-23H2,1H3;1H. The van der Waals surface area contributed by atoms with Crippen LogP contribution in [0.4, 0.5) is 0 Å². The molecule has 2 unspecified atom stereocenters. The van der Waals surface area contributed by atoms with Crippen LogP contribution in [-0.4, -0.2) is 19.4 Å². The van der Waals surface area contributed by atoms with E-state index < -0.39 is 0 Å². The number of benzene rings is 3. The summed E-state index contributed by atoms with van der Waals surface area (Å²) in [5.74, 6) is 0.630. The molecule has 168 valence electrons. The fourth-order valence-electron chi connectivity index (χ4n) is 4.88. The van der Waals surface area contributed by atoms with Crippen molar-refractivity contribution < 1.29 is 4.74 Å². The van der Waals surface area contributed by atoms with Gasteiger partial charge in [0.05, 0.1) is 13.2 Å². The highest BCUT2D eigenvalue weighted by Crippen LogP contribution is 2.40. The van der Waals surface area contributed by atoms with Gasteiger partial charge in [-0.1, -0.05) is 91.9 Å². The normalized spacial score (nSPS) is 18.7. The molecule has 3 aromatic rings. The third-order valence-corrected chi connectivity index (χ3v) is 6.64. The van der Waals surface area contributed by atoms with Crippen LogP contribution in [0.3, 0.4) is 0 Å². The van der Waals surface area contributed by atoms with Gasteiger partial charge < -0.3 is 4.74 Å². The third kappa shape index (κ3) is 5.49. The van der Waals surface area contributed by atoms with Gasteiger partial charge in [0, 0.05) is 12.0 Å². The number of fused-ring (bicyclic) bond motifs is 1. The average molecular weight is 448 g/mol. The minimum atomic E-state index is -0.157. The zero-order valence-corrected chi connectivity index (χ0v) is 19.8. The van der Waals surface area contributed by atoms with Crippen LogP contribution in [0.15, 0.2) is 89.9 Å². The Morgan fingerprint density at radius 2 is 1.62 bits per heavy atom. The SMILES string of the molecule is CCC(CCCN=CCC1(c2ccccc2)COCc2ccccc21)c1ccccc1.Cl. The lowest BCUT2D eigenvalue weighted by molar-refractivity contribution is 0.0678. The van der Waals surface area contributed by atoms with Crippen molar-refractivity contribution in [1.29, 1.82) is 0 Å². The number of hydrogen-bond donors (Lipinski definition) is 0. The molecule has 3 aromatic carbocycles. The zero-order chi connectivity index (χ0) is 21.4. The minimum absolute atomic E-state index is 0. The first-order valence-corrected chi connectivity index (χ1v) is 11.6. The highest BCUT2D eigenvalue weighted by Gasteiger charge is 2.38. The average Bonchev–Trinajstić information content (AvgIpc) is 2.85. The summed E-state index contributed by atoms with van der Waals surface area (Å²) in [5, 5.41) is 0. The van der Waals surface area contributed by atoms with E-state index in [2.05, 4.69) is 98.1 Å². The highest BCUT2D eigenvalue weighted by molar-refractivity contribution is 5.85. The minimum Gasteiger partial charge on any atom is -0.375 e. The first-order chi connectivity index (χ1) is 15.3. The summed E-state index contributed by atoms with van der Waals surface area (Å²) in [5.41, 5.74) is 5.28. The van der Waals surface area contributed by atoms with Crippen LogP contribution in [0.25, 0.3) is 0 Å². The molecule has 0 radical (unpaired) electrons. The quantitative estimate of drug-likeness (QED) is 0.248. The maximum atomic E-state index is 6.08. The van der Waals surface area contributed by atoms with Crippen molar-refractivity contribution in [3.05, 3.63) is 107 Å². The van der Waals surface area contributed by atoms with Crippen LogP contribution in [0.5, 0.6) is 0 Å². The molecule has 0 aromatic heterocycles. The van der Waals surface area contributed by atoms with E-state index in [4.69, 9.17) is 9.73 Å². The Hall–Kier alpha value is -2.42. The Labute approximate surface area is 199 Å². The van der Waals surface area contributed by atoms with Crippen molar-refractivity contribution in [2.24, 2.45) is 4.99 Å². The number of halogens is 1. The zero-order valence-electron chi connectivity index (χ0n) is 19.0. The molecular weight excluding hydrogens is 414 g/mol. The summed E-state index contributed by atoms with van der Waals surface area (Å²) >= 11 is 0. The Morgan fingerprint density at radius 1 is 0.938 bits per heavy atom. The fourth-order valence-corrected chi connectivity index (χ4v) is 4.88. The Kier molecular flexibility index (Phi) is 9.08. The van der Waals surface area contributed by atoms with Gasteiger partial charge in [-0.15, -0.1) is 12.4 Å². The summed E-state index contributed by atoms with van der Waals surface area (Å²) in [6.07, 6.45) is 6.49. The third-order valence-electron chi connectivity index (χ3n) is 6.64. The van der Waals surface area contributed by atoms with Crippen molar-refractivity contribution in [3.63, 3.8) is 0 Å². The fraction of sp³-hybridized carbons (Fsp3) is 0.345. The molecule has 32 heavy (non-hydrogen) atoms.